The number of amides is 1. The number of anilines is 1. The Morgan fingerprint density at radius 1 is 1.07 bits per heavy atom. The molecule has 1 amide bonds. The summed E-state index contributed by atoms with van der Waals surface area (Å²) in [5.41, 5.74) is 2.63. The Hall–Kier alpha value is -2.49. The van der Waals surface area contributed by atoms with Gasteiger partial charge in [-0.05, 0) is 48.6 Å². The highest BCUT2D eigenvalue weighted by Gasteiger charge is 2.29. The second-order valence-corrected chi connectivity index (χ2v) is 14.3. The molecule has 1 unspecified atom stereocenters. The molecule has 2 rings (SSSR count). The normalized spacial score (nSPS) is 13.3. The lowest BCUT2D eigenvalue weighted by molar-refractivity contribution is -0.122. The van der Waals surface area contributed by atoms with Gasteiger partial charge in [-0.25, -0.2) is 12.7 Å². The summed E-state index contributed by atoms with van der Waals surface area (Å²) in [5, 5.41) is 13.5. The number of phenolic OH excluding ortho intramolecular Hbond substituents is 1. The van der Waals surface area contributed by atoms with Gasteiger partial charge in [-0.2, -0.15) is 0 Å². The molecular weight excluding hydrogens is 564 g/mol. The van der Waals surface area contributed by atoms with Crippen LogP contribution >= 0.6 is 11.6 Å². The highest BCUT2D eigenvalue weighted by molar-refractivity contribution is 7.88. The number of aromatic hydroxyl groups is 1. The minimum atomic E-state index is -3.35. The number of hydrogen-bond acceptors (Lipinski definition) is 6. The molecule has 0 bridgehead atoms. The monoisotopic (exact) mass is 610 g/mol. The molecular formula is C31H47ClN2O6S. The third-order valence-corrected chi connectivity index (χ3v) is 9.89. The summed E-state index contributed by atoms with van der Waals surface area (Å²) in [6, 6.07) is 7.70. The average Bonchev–Trinajstić information content (AvgIpc) is 2.91. The summed E-state index contributed by atoms with van der Waals surface area (Å²) in [5.74, 6) is 0.246. The third-order valence-electron chi connectivity index (χ3n) is 8.12. The van der Waals surface area contributed by atoms with Crippen molar-refractivity contribution >= 4 is 33.2 Å². The van der Waals surface area contributed by atoms with Crippen molar-refractivity contribution in [3.63, 3.8) is 0 Å². The van der Waals surface area contributed by atoms with Crippen molar-refractivity contribution in [2.75, 3.05) is 31.8 Å². The Kier molecular flexibility index (Phi) is 11.6. The van der Waals surface area contributed by atoms with Gasteiger partial charge in [0.1, 0.15) is 18.1 Å². The first-order valence-corrected chi connectivity index (χ1v) is 16.3. The van der Waals surface area contributed by atoms with E-state index in [2.05, 4.69) is 59.0 Å². The van der Waals surface area contributed by atoms with Crippen molar-refractivity contribution < 1.29 is 27.8 Å². The third kappa shape index (κ3) is 8.52. The van der Waals surface area contributed by atoms with E-state index in [-0.39, 0.29) is 40.4 Å². The zero-order valence-corrected chi connectivity index (χ0v) is 27.7. The van der Waals surface area contributed by atoms with E-state index >= 15 is 0 Å². The predicted molar refractivity (Wildman–Crippen MR) is 167 cm³/mol. The van der Waals surface area contributed by atoms with Gasteiger partial charge >= 0.3 is 0 Å². The number of sulfonamides is 1. The smallest absolute Gasteiger partial charge is 0.265 e. The molecule has 2 aromatic carbocycles. The molecule has 0 aliphatic carbocycles. The molecule has 0 saturated heterocycles. The molecule has 0 aliphatic rings. The number of nitrogens with one attached hydrogen (secondary N) is 1. The van der Waals surface area contributed by atoms with Gasteiger partial charge in [-0.15, -0.1) is 0 Å². The van der Waals surface area contributed by atoms with Gasteiger partial charge in [0.25, 0.3) is 5.91 Å². The number of phenols is 1. The van der Waals surface area contributed by atoms with Crippen LogP contribution in [0.25, 0.3) is 0 Å². The first-order valence-electron chi connectivity index (χ1n) is 14.1. The van der Waals surface area contributed by atoms with Crippen LogP contribution in [0.3, 0.4) is 0 Å². The SMILES string of the molecule is CCC(Oc1ccc(C(C)(C)CC)cc1C(C)(C)CC)C(=O)Nc1cc(OCCN(C)S(C)(=O)=O)c(C)c(Cl)c1O. The van der Waals surface area contributed by atoms with Crippen molar-refractivity contribution in [2.24, 2.45) is 0 Å². The van der Waals surface area contributed by atoms with Gasteiger partial charge in [0.15, 0.2) is 11.9 Å². The van der Waals surface area contributed by atoms with Crippen LogP contribution in [0.2, 0.25) is 5.02 Å². The zero-order chi connectivity index (χ0) is 31.3. The summed E-state index contributed by atoms with van der Waals surface area (Å²) >= 11 is 6.36. The molecule has 230 valence electrons. The van der Waals surface area contributed by atoms with Crippen molar-refractivity contribution in [1.29, 1.82) is 0 Å². The van der Waals surface area contributed by atoms with E-state index in [0.717, 1.165) is 24.7 Å². The predicted octanol–water partition coefficient (Wildman–Crippen LogP) is 6.80. The van der Waals surface area contributed by atoms with Crippen LogP contribution < -0.4 is 14.8 Å². The number of likely N-dealkylation sites (N-methyl/N-ethyl adjacent to an activating group) is 1. The molecule has 0 spiro atoms. The van der Waals surface area contributed by atoms with Crippen LogP contribution in [0.1, 0.15) is 84.4 Å². The second-order valence-electron chi connectivity index (χ2n) is 11.8. The standard InChI is InChI=1S/C31H47ClN2O6S/c1-11-24(40-25-15-14-21(30(5,6)12-2)18-22(25)31(7,8)13-3)29(36)33-23-19-26(20(4)27(32)28(23)35)39-17-16-34(9)41(10,37)38/h14-15,18-19,24,35H,11-13,16-17H2,1-10H3,(H,33,36). The molecule has 0 fully saturated rings. The minimum absolute atomic E-state index is 0.000853. The average molecular weight is 611 g/mol. The molecule has 1 atom stereocenters. The molecule has 0 radical (unpaired) electrons. The summed E-state index contributed by atoms with van der Waals surface area (Å²) in [6.07, 6.45) is 2.55. The highest BCUT2D eigenvalue weighted by atomic mass is 35.5. The molecule has 0 saturated carbocycles. The summed E-state index contributed by atoms with van der Waals surface area (Å²) < 4.78 is 36.6. The largest absolute Gasteiger partial charge is 0.504 e. The highest BCUT2D eigenvalue weighted by Crippen LogP contribution is 2.41. The maximum absolute atomic E-state index is 13.4. The lowest BCUT2D eigenvalue weighted by Crippen LogP contribution is -2.33. The van der Waals surface area contributed by atoms with Crippen LogP contribution in [0.5, 0.6) is 17.2 Å². The van der Waals surface area contributed by atoms with E-state index in [4.69, 9.17) is 21.1 Å². The number of carbonyl (C=O) groups is 1. The number of hydrogen-bond donors (Lipinski definition) is 2. The van der Waals surface area contributed by atoms with E-state index in [9.17, 15) is 18.3 Å². The number of nitrogens with zero attached hydrogens (tertiary/aromatic N) is 1. The van der Waals surface area contributed by atoms with Gasteiger partial charge < -0.3 is 19.9 Å². The molecule has 0 heterocycles. The summed E-state index contributed by atoms with van der Waals surface area (Å²) in [7, 11) is -1.90. The first kappa shape index (κ1) is 34.7. The minimum Gasteiger partial charge on any atom is -0.504 e. The van der Waals surface area contributed by atoms with Gasteiger partial charge in [-0.3, -0.25) is 4.79 Å². The quantitative estimate of drug-likeness (QED) is 0.228. The van der Waals surface area contributed by atoms with Crippen LogP contribution in [-0.4, -0.2) is 56.3 Å². The van der Waals surface area contributed by atoms with Crippen LogP contribution in [0, 0.1) is 6.92 Å². The van der Waals surface area contributed by atoms with Crippen molar-refractivity contribution in [3.05, 3.63) is 46.0 Å². The van der Waals surface area contributed by atoms with Gasteiger partial charge in [0, 0.05) is 30.8 Å². The van der Waals surface area contributed by atoms with Gasteiger partial charge in [0.05, 0.1) is 17.0 Å². The van der Waals surface area contributed by atoms with E-state index in [0.29, 0.717) is 23.5 Å². The maximum Gasteiger partial charge on any atom is 0.265 e. The Balaban J connectivity index is 2.34. The Morgan fingerprint density at radius 3 is 2.22 bits per heavy atom. The molecule has 0 aromatic heterocycles. The number of rotatable bonds is 14. The van der Waals surface area contributed by atoms with E-state index < -0.39 is 22.0 Å². The van der Waals surface area contributed by atoms with E-state index in [1.54, 1.807) is 6.92 Å². The molecule has 0 aliphatic heterocycles. The molecule has 8 nitrogen and oxygen atoms in total. The summed E-state index contributed by atoms with van der Waals surface area (Å²) in [6.45, 7) is 16.8. The zero-order valence-electron chi connectivity index (χ0n) is 26.1. The van der Waals surface area contributed by atoms with Crippen molar-refractivity contribution in [2.45, 2.75) is 91.6 Å². The van der Waals surface area contributed by atoms with Gasteiger partial charge in [-0.1, -0.05) is 72.2 Å². The van der Waals surface area contributed by atoms with E-state index in [1.165, 1.54) is 23.0 Å². The number of carbonyl (C=O) groups excluding carboxylic acids is 1. The fourth-order valence-corrected chi connectivity index (χ4v) is 4.67. The van der Waals surface area contributed by atoms with Crippen molar-refractivity contribution in [1.82, 2.24) is 4.31 Å². The van der Waals surface area contributed by atoms with Crippen LogP contribution in [0.4, 0.5) is 5.69 Å². The lowest BCUT2D eigenvalue weighted by atomic mass is 9.76. The Labute approximate surface area is 251 Å². The maximum atomic E-state index is 13.4. The molecule has 2 N–H and O–H groups in total. The van der Waals surface area contributed by atoms with Crippen LogP contribution in [0.15, 0.2) is 24.3 Å². The summed E-state index contributed by atoms with van der Waals surface area (Å²) in [4.78, 5) is 13.4. The van der Waals surface area contributed by atoms with E-state index in [1.807, 2.05) is 13.0 Å². The molecule has 2 aromatic rings. The molecule has 41 heavy (non-hydrogen) atoms. The lowest BCUT2D eigenvalue weighted by Gasteiger charge is -2.31. The topological polar surface area (TPSA) is 105 Å². The number of ether oxygens (including phenoxy) is 2. The van der Waals surface area contributed by atoms with Crippen LogP contribution in [-0.2, 0) is 25.6 Å². The van der Waals surface area contributed by atoms with Gasteiger partial charge in [0.2, 0.25) is 10.0 Å². The first-order chi connectivity index (χ1) is 18.9. The Morgan fingerprint density at radius 2 is 1.68 bits per heavy atom. The fourth-order valence-electron chi connectivity index (χ4n) is 4.07. The number of benzene rings is 2. The van der Waals surface area contributed by atoms with Crippen molar-refractivity contribution in [3.8, 4) is 17.2 Å². The molecule has 10 heteroatoms. The second kappa shape index (κ2) is 13.7. The number of halogens is 1. The fraction of sp³-hybridized carbons (Fsp3) is 0.581. The Bertz CT molecular complexity index is 1340.